The van der Waals surface area contributed by atoms with Crippen molar-refractivity contribution in [3.05, 3.63) is 90.8 Å². The summed E-state index contributed by atoms with van der Waals surface area (Å²) in [6, 6.07) is 11.9. The number of morpholine rings is 1. The van der Waals surface area contributed by atoms with Gasteiger partial charge < -0.3 is 26.2 Å². The number of fused-ring (bicyclic) bond motifs is 1. The number of carbonyl (C=O) groups excluding carboxylic acids is 1. The molecule has 1 fully saturated rings. The highest BCUT2D eigenvalue weighted by Crippen LogP contribution is 2.36. The van der Waals surface area contributed by atoms with Crippen molar-refractivity contribution >= 4 is 34.3 Å². The van der Waals surface area contributed by atoms with Gasteiger partial charge in [-0.2, -0.15) is 0 Å². The Morgan fingerprint density at radius 2 is 2.08 bits per heavy atom. The topological polar surface area (TPSA) is 121 Å². The average molecular weight is 541 g/mol. The number of ether oxygens (including phenoxy) is 1. The molecule has 8 heteroatoms. The fraction of sp³-hybridized carbons (Fsp3) is 0.281. The molecule has 1 amide bonds. The first-order valence-corrected chi connectivity index (χ1v) is 13.6. The van der Waals surface area contributed by atoms with E-state index < -0.39 is 0 Å². The number of amides is 1. The lowest BCUT2D eigenvalue weighted by Crippen LogP contribution is -2.44. The van der Waals surface area contributed by atoms with Crippen molar-refractivity contribution in [1.29, 1.82) is 0 Å². The molecule has 1 aliphatic heterocycles. The number of carbonyl (C=O) groups is 1. The van der Waals surface area contributed by atoms with E-state index in [1.807, 2.05) is 48.7 Å². The summed E-state index contributed by atoms with van der Waals surface area (Å²) in [5, 5.41) is 4.04. The summed E-state index contributed by atoms with van der Waals surface area (Å²) in [6.07, 6.45) is 10.1. The Labute approximate surface area is 236 Å². The molecular formula is C32H40N6O2. The van der Waals surface area contributed by atoms with Crippen LogP contribution in [0.2, 0.25) is 0 Å². The second kappa shape index (κ2) is 13.3. The minimum atomic E-state index is -0.337. The number of H-pyrrole nitrogens is 1. The molecule has 3 aromatic rings. The van der Waals surface area contributed by atoms with Crippen molar-refractivity contribution in [2.24, 2.45) is 17.5 Å². The highest BCUT2D eigenvalue weighted by atomic mass is 16.5. The van der Waals surface area contributed by atoms with E-state index in [1.54, 1.807) is 18.2 Å². The summed E-state index contributed by atoms with van der Waals surface area (Å²) in [4.78, 5) is 18.6. The van der Waals surface area contributed by atoms with Crippen molar-refractivity contribution in [3.63, 3.8) is 0 Å². The van der Waals surface area contributed by atoms with Crippen LogP contribution in [0.3, 0.4) is 0 Å². The van der Waals surface area contributed by atoms with E-state index in [-0.39, 0.29) is 12.0 Å². The number of hydrogen-bond acceptors (Lipinski definition) is 6. The molecule has 1 aliphatic rings. The Balaban J connectivity index is 1.45. The van der Waals surface area contributed by atoms with Crippen molar-refractivity contribution < 1.29 is 9.53 Å². The quantitative estimate of drug-likeness (QED) is 0.0960. The van der Waals surface area contributed by atoms with Gasteiger partial charge in [0, 0.05) is 53.6 Å². The standard InChI is InChI=1S/C32H40N6O2/c1-5-26-30(17-23(18-31(26)37-34)27-10-7-11-29-28(27)12-13-35-29)36-32(39)22(4)8-6-9-24(33)19-38-14-15-40-25(20-38)16-21(2)3/h5-13,17-18,21,25,35,37H,1,4,14-16,19-20,33-34H2,2-3H3,(H,36,39)/b8-6-,24-9-. The van der Waals surface area contributed by atoms with Crippen molar-refractivity contribution in [3.8, 4) is 11.1 Å². The smallest absolute Gasteiger partial charge is 0.255 e. The zero-order chi connectivity index (χ0) is 28.6. The Morgan fingerprint density at radius 3 is 2.83 bits per heavy atom. The van der Waals surface area contributed by atoms with Gasteiger partial charge in [-0.05, 0) is 59.9 Å². The summed E-state index contributed by atoms with van der Waals surface area (Å²) < 4.78 is 5.88. The molecule has 1 unspecified atom stereocenters. The van der Waals surface area contributed by atoms with Crippen LogP contribution >= 0.6 is 0 Å². The lowest BCUT2D eigenvalue weighted by atomic mass is 9.97. The van der Waals surface area contributed by atoms with Gasteiger partial charge in [0.2, 0.25) is 0 Å². The molecule has 0 bridgehead atoms. The number of rotatable bonds is 11. The lowest BCUT2D eigenvalue weighted by Gasteiger charge is -2.33. The SMILES string of the molecule is C=Cc1c(NN)cc(-c2cccc3[nH]ccc23)cc1NC(=O)C(=C)/C=C\C=C(/N)CN1CCOC(CC(C)C)C1. The van der Waals surface area contributed by atoms with Gasteiger partial charge in [0.15, 0.2) is 0 Å². The third-order valence-electron chi connectivity index (χ3n) is 6.96. The highest BCUT2D eigenvalue weighted by Gasteiger charge is 2.21. The van der Waals surface area contributed by atoms with Crippen molar-refractivity contribution in [2.45, 2.75) is 26.4 Å². The molecule has 0 saturated carbocycles. The fourth-order valence-electron chi connectivity index (χ4n) is 5.06. The first kappa shape index (κ1) is 28.9. The maximum absolute atomic E-state index is 13.1. The first-order chi connectivity index (χ1) is 19.3. The van der Waals surface area contributed by atoms with Gasteiger partial charge in [0.25, 0.3) is 5.91 Å². The van der Waals surface area contributed by atoms with Crippen LogP contribution in [0.4, 0.5) is 11.4 Å². The molecule has 0 radical (unpaired) electrons. The number of nitrogens with one attached hydrogen (secondary N) is 3. The van der Waals surface area contributed by atoms with Gasteiger partial charge in [-0.25, -0.2) is 0 Å². The number of anilines is 2. The maximum Gasteiger partial charge on any atom is 0.255 e. The molecule has 1 atom stereocenters. The number of aromatic nitrogens is 1. The van der Waals surface area contributed by atoms with E-state index in [4.69, 9.17) is 16.3 Å². The maximum atomic E-state index is 13.1. The van der Waals surface area contributed by atoms with Gasteiger partial charge in [-0.3, -0.25) is 15.5 Å². The summed E-state index contributed by atoms with van der Waals surface area (Å²) in [6.45, 7) is 15.4. The molecule has 210 valence electrons. The van der Waals surface area contributed by atoms with Crippen LogP contribution in [0.5, 0.6) is 0 Å². The number of benzene rings is 2. The monoisotopic (exact) mass is 540 g/mol. The van der Waals surface area contributed by atoms with E-state index in [0.717, 1.165) is 41.5 Å². The Morgan fingerprint density at radius 1 is 1.27 bits per heavy atom. The molecule has 1 aromatic heterocycles. The van der Waals surface area contributed by atoms with Gasteiger partial charge in [0.1, 0.15) is 0 Å². The molecule has 0 aliphatic carbocycles. The van der Waals surface area contributed by atoms with Crippen LogP contribution in [-0.2, 0) is 9.53 Å². The predicted octanol–water partition coefficient (Wildman–Crippen LogP) is 5.40. The van der Waals surface area contributed by atoms with E-state index in [9.17, 15) is 4.79 Å². The molecule has 8 nitrogen and oxygen atoms in total. The molecule has 2 aromatic carbocycles. The second-order valence-electron chi connectivity index (χ2n) is 10.5. The van der Waals surface area contributed by atoms with E-state index in [0.29, 0.717) is 47.3 Å². The molecule has 1 saturated heterocycles. The number of hydrazine groups is 1. The zero-order valence-corrected chi connectivity index (χ0v) is 23.4. The Bertz CT molecular complexity index is 1430. The van der Waals surface area contributed by atoms with Gasteiger partial charge in [0.05, 0.1) is 24.1 Å². The van der Waals surface area contributed by atoms with Crippen LogP contribution in [-0.4, -0.2) is 48.1 Å². The summed E-state index contributed by atoms with van der Waals surface area (Å²) in [5.41, 5.74) is 14.9. The van der Waals surface area contributed by atoms with E-state index in [2.05, 4.69) is 47.6 Å². The normalized spacial score (nSPS) is 16.5. The number of nitrogens with zero attached hydrogens (tertiary/aromatic N) is 1. The second-order valence-corrected chi connectivity index (χ2v) is 10.5. The average Bonchev–Trinajstić information content (AvgIpc) is 3.41. The highest BCUT2D eigenvalue weighted by molar-refractivity contribution is 6.08. The molecule has 2 heterocycles. The predicted molar refractivity (Wildman–Crippen MR) is 166 cm³/mol. The first-order valence-electron chi connectivity index (χ1n) is 13.6. The van der Waals surface area contributed by atoms with E-state index >= 15 is 0 Å². The minimum absolute atomic E-state index is 0.241. The Hall–Kier alpha value is -4.11. The van der Waals surface area contributed by atoms with Gasteiger partial charge in [-0.15, -0.1) is 0 Å². The molecular weight excluding hydrogens is 500 g/mol. The number of allylic oxidation sites excluding steroid dienone is 2. The van der Waals surface area contributed by atoms with Crippen LogP contribution < -0.4 is 22.3 Å². The lowest BCUT2D eigenvalue weighted by molar-refractivity contribution is -0.112. The van der Waals surface area contributed by atoms with Gasteiger partial charge in [-0.1, -0.05) is 51.3 Å². The number of nitrogens with two attached hydrogens (primary N) is 2. The third-order valence-corrected chi connectivity index (χ3v) is 6.96. The minimum Gasteiger partial charge on any atom is -0.401 e. The number of hydrogen-bond donors (Lipinski definition) is 5. The summed E-state index contributed by atoms with van der Waals surface area (Å²) >= 11 is 0. The summed E-state index contributed by atoms with van der Waals surface area (Å²) in [5.74, 6) is 6.10. The fourth-order valence-corrected chi connectivity index (χ4v) is 5.06. The molecule has 0 spiro atoms. The van der Waals surface area contributed by atoms with E-state index in [1.165, 1.54) is 0 Å². The Kier molecular flexibility index (Phi) is 9.60. The number of nitrogen functional groups attached to an aromatic ring is 1. The van der Waals surface area contributed by atoms with Crippen LogP contribution in [0.15, 0.2) is 85.3 Å². The van der Waals surface area contributed by atoms with Crippen molar-refractivity contribution in [1.82, 2.24) is 9.88 Å². The van der Waals surface area contributed by atoms with Crippen LogP contribution in [0, 0.1) is 5.92 Å². The van der Waals surface area contributed by atoms with Gasteiger partial charge >= 0.3 is 0 Å². The van der Waals surface area contributed by atoms with Crippen molar-refractivity contribution in [2.75, 3.05) is 37.0 Å². The zero-order valence-electron chi connectivity index (χ0n) is 23.4. The molecule has 7 N–H and O–H groups in total. The molecule has 4 rings (SSSR count). The van der Waals surface area contributed by atoms with Crippen LogP contribution in [0.1, 0.15) is 25.8 Å². The number of aromatic amines is 1. The van der Waals surface area contributed by atoms with Crippen LogP contribution in [0.25, 0.3) is 28.1 Å². The molecule has 40 heavy (non-hydrogen) atoms. The third kappa shape index (κ3) is 7.09. The summed E-state index contributed by atoms with van der Waals surface area (Å²) in [7, 11) is 0. The largest absolute Gasteiger partial charge is 0.401 e.